The van der Waals surface area contributed by atoms with Crippen molar-refractivity contribution in [3.63, 3.8) is 0 Å². The van der Waals surface area contributed by atoms with Crippen molar-refractivity contribution in [1.29, 1.82) is 0 Å². The predicted octanol–water partition coefficient (Wildman–Crippen LogP) is 4.98. The summed E-state index contributed by atoms with van der Waals surface area (Å²) in [5.74, 6) is -0.272. The minimum Gasteiger partial charge on any atom is -0.310 e. The van der Waals surface area contributed by atoms with Crippen LogP contribution < -0.4 is 5.32 Å². The first-order valence-corrected chi connectivity index (χ1v) is 7.89. The Morgan fingerprint density at radius 1 is 1.15 bits per heavy atom. The summed E-state index contributed by atoms with van der Waals surface area (Å²) in [4.78, 5) is 0. The molecule has 0 saturated heterocycles. The Morgan fingerprint density at radius 3 is 2.45 bits per heavy atom. The molecular formula is C17H25F2N. The van der Waals surface area contributed by atoms with Gasteiger partial charge in [0.15, 0.2) is 0 Å². The maximum absolute atomic E-state index is 14.0. The maximum Gasteiger partial charge on any atom is 0.130 e. The van der Waals surface area contributed by atoms with Crippen molar-refractivity contribution in [2.24, 2.45) is 5.92 Å². The van der Waals surface area contributed by atoms with Crippen LogP contribution in [0, 0.1) is 17.6 Å². The van der Waals surface area contributed by atoms with Crippen molar-refractivity contribution in [1.82, 2.24) is 5.32 Å². The minimum atomic E-state index is -0.504. The van der Waals surface area contributed by atoms with Crippen LogP contribution in [0.25, 0.3) is 0 Å². The largest absolute Gasteiger partial charge is 0.310 e. The van der Waals surface area contributed by atoms with Gasteiger partial charge >= 0.3 is 0 Å². The predicted molar refractivity (Wildman–Crippen MR) is 78.6 cm³/mol. The van der Waals surface area contributed by atoms with E-state index in [0.29, 0.717) is 11.5 Å². The summed E-state index contributed by atoms with van der Waals surface area (Å²) in [6.07, 6.45) is 8.66. The zero-order chi connectivity index (χ0) is 14.4. The van der Waals surface area contributed by atoms with Crippen molar-refractivity contribution in [3.05, 3.63) is 35.4 Å². The van der Waals surface area contributed by atoms with Gasteiger partial charge < -0.3 is 5.32 Å². The van der Waals surface area contributed by atoms with Crippen LogP contribution in [0.15, 0.2) is 18.2 Å². The average molecular weight is 281 g/mol. The highest BCUT2D eigenvalue weighted by molar-refractivity contribution is 5.22. The molecule has 1 aromatic rings. The van der Waals surface area contributed by atoms with E-state index in [1.165, 1.54) is 44.6 Å². The van der Waals surface area contributed by atoms with Crippen LogP contribution in [0.1, 0.15) is 63.5 Å². The summed E-state index contributed by atoms with van der Waals surface area (Å²) in [6, 6.07) is 3.95. The van der Waals surface area contributed by atoms with Gasteiger partial charge in [-0.25, -0.2) is 8.78 Å². The molecule has 112 valence electrons. The van der Waals surface area contributed by atoms with Crippen LogP contribution in [-0.4, -0.2) is 6.54 Å². The molecule has 3 heteroatoms. The van der Waals surface area contributed by atoms with Crippen molar-refractivity contribution in [2.75, 3.05) is 6.54 Å². The molecule has 0 heterocycles. The molecule has 1 saturated carbocycles. The van der Waals surface area contributed by atoms with Gasteiger partial charge in [0.25, 0.3) is 0 Å². The zero-order valence-electron chi connectivity index (χ0n) is 12.3. The third-order valence-electron chi connectivity index (χ3n) is 4.33. The van der Waals surface area contributed by atoms with Crippen molar-refractivity contribution in [2.45, 2.75) is 57.9 Å². The van der Waals surface area contributed by atoms with Gasteiger partial charge in [0.1, 0.15) is 11.6 Å². The van der Waals surface area contributed by atoms with E-state index in [2.05, 4.69) is 5.32 Å². The molecule has 0 aliphatic heterocycles. The monoisotopic (exact) mass is 281 g/mol. The van der Waals surface area contributed by atoms with Crippen LogP contribution >= 0.6 is 0 Å². The first-order chi connectivity index (χ1) is 9.70. The van der Waals surface area contributed by atoms with Crippen LogP contribution in [-0.2, 0) is 0 Å². The number of benzene rings is 1. The van der Waals surface area contributed by atoms with E-state index in [1.54, 1.807) is 6.07 Å². The quantitative estimate of drug-likeness (QED) is 0.751. The van der Waals surface area contributed by atoms with Crippen LogP contribution in [0.5, 0.6) is 0 Å². The summed E-state index contributed by atoms with van der Waals surface area (Å²) >= 11 is 0. The van der Waals surface area contributed by atoms with E-state index >= 15 is 0 Å². The Kier molecular flexibility index (Phi) is 5.96. The molecule has 2 rings (SSSR count). The summed E-state index contributed by atoms with van der Waals surface area (Å²) in [5, 5.41) is 3.36. The van der Waals surface area contributed by atoms with Gasteiger partial charge in [0, 0.05) is 17.7 Å². The fourth-order valence-electron chi connectivity index (χ4n) is 3.28. The molecule has 1 fully saturated rings. The molecule has 1 atom stereocenters. The van der Waals surface area contributed by atoms with Crippen LogP contribution in [0.4, 0.5) is 8.78 Å². The van der Waals surface area contributed by atoms with Gasteiger partial charge in [-0.15, -0.1) is 0 Å². The number of hydrogen-bond acceptors (Lipinski definition) is 1. The van der Waals surface area contributed by atoms with Gasteiger partial charge in [-0.1, -0.05) is 51.5 Å². The highest BCUT2D eigenvalue weighted by Crippen LogP contribution is 2.32. The maximum atomic E-state index is 14.0. The average Bonchev–Trinajstić information content (AvgIpc) is 2.67. The second-order valence-electron chi connectivity index (χ2n) is 5.87. The van der Waals surface area contributed by atoms with E-state index in [0.717, 1.165) is 19.0 Å². The van der Waals surface area contributed by atoms with Crippen molar-refractivity contribution >= 4 is 0 Å². The fourth-order valence-corrected chi connectivity index (χ4v) is 3.28. The molecule has 1 aromatic carbocycles. The van der Waals surface area contributed by atoms with Gasteiger partial charge in [-0.05, 0) is 24.9 Å². The molecular weight excluding hydrogens is 256 g/mol. The third kappa shape index (κ3) is 4.27. The highest BCUT2D eigenvalue weighted by atomic mass is 19.1. The second kappa shape index (κ2) is 7.72. The molecule has 0 amide bonds. The number of rotatable bonds is 5. The molecule has 20 heavy (non-hydrogen) atoms. The van der Waals surface area contributed by atoms with E-state index < -0.39 is 11.6 Å². The lowest BCUT2D eigenvalue weighted by molar-refractivity contribution is 0.353. The first-order valence-electron chi connectivity index (χ1n) is 7.89. The van der Waals surface area contributed by atoms with Gasteiger partial charge in [-0.3, -0.25) is 0 Å². The van der Waals surface area contributed by atoms with Crippen LogP contribution in [0.3, 0.4) is 0 Å². The molecule has 1 aliphatic carbocycles. The molecule has 0 spiro atoms. The van der Waals surface area contributed by atoms with Gasteiger partial charge in [0.05, 0.1) is 0 Å². The van der Waals surface area contributed by atoms with E-state index in [4.69, 9.17) is 0 Å². The normalized spacial score (nSPS) is 18.8. The molecule has 1 N–H and O–H groups in total. The summed E-state index contributed by atoms with van der Waals surface area (Å²) in [6.45, 7) is 2.83. The topological polar surface area (TPSA) is 12.0 Å². The summed E-state index contributed by atoms with van der Waals surface area (Å²) < 4.78 is 27.0. The Morgan fingerprint density at radius 2 is 1.85 bits per heavy atom. The van der Waals surface area contributed by atoms with Gasteiger partial charge in [0.2, 0.25) is 0 Å². The van der Waals surface area contributed by atoms with E-state index in [9.17, 15) is 8.78 Å². The van der Waals surface area contributed by atoms with Crippen LogP contribution in [0.2, 0.25) is 0 Å². The highest BCUT2D eigenvalue weighted by Gasteiger charge is 2.21. The van der Waals surface area contributed by atoms with Crippen molar-refractivity contribution in [3.8, 4) is 0 Å². The SMILES string of the molecule is CCNC(CC1CCCCCC1)c1ccc(F)cc1F. The summed E-state index contributed by atoms with van der Waals surface area (Å²) in [7, 11) is 0. The van der Waals surface area contributed by atoms with E-state index in [1.807, 2.05) is 6.92 Å². The smallest absolute Gasteiger partial charge is 0.130 e. The zero-order valence-corrected chi connectivity index (χ0v) is 12.3. The van der Waals surface area contributed by atoms with Crippen molar-refractivity contribution < 1.29 is 8.78 Å². The fraction of sp³-hybridized carbons (Fsp3) is 0.647. The molecule has 1 nitrogen and oxygen atoms in total. The lowest BCUT2D eigenvalue weighted by Crippen LogP contribution is -2.24. The standard InChI is InChI=1S/C17H25F2N/c1-2-20-17(11-13-7-5-3-4-6-8-13)15-10-9-14(18)12-16(15)19/h9-10,12-13,17,20H,2-8,11H2,1H3. The van der Waals surface area contributed by atoms with Gasteiger partial charge in [-0.2, -0.15) is 0 Å². The number of hydrogen-bond donors (Lipinski definition) is 1. The molecule has 0 radical (unpaired) electrons. The number of halogens is 2. The molecule has 1 unspecified atom stereocenters. The Bertz CT molecular complexity index is 411. The lowest BCUT2D eigenvalue weighted by Gasteiger charge is -2.24. The molecule has 0 bridgehead atoms. The van der Waals surface area contributed by atoms with E-state index in [-0.39, 0.29) is 6.04 Å². The Hall–Kier alpha value is -0.960. The first kappa shape index (κ1) is 15.4. The lowest BCUT2D eigenvalue weighted by atomic mass is 9.89. The second-order valence-corrected chi connectivity index (χ2v) is 5.87. The Labute approximate surface area is 120 Å². The molecule has 0 aromatic heterocycles. The Balaban J connectivity index is 2.08. The summed E-state index contributed by atoms with van der Waals surface area (Å²) in [5.41, 5.74) is 0.609. The third-order valence-corrected chi connectivity index (χ3v) is 4.33. The minimum absolute atomic E-state index is 0.00343. The number of nitrogens with one attached hydrogen (secondary N) is 1. The molecule has 1 aliphatic rings.